The first-order chi connectivity index (χ1) is 10.3. The number of benzene rings is 1. The molecule has 0 fully saturated rings. The lowest BCUT2D eigenvalue weighted by Crippen LogP contribution is -1.98. The first-order valence-electron chi connectivity index (χ1n) is 6.75. The van der Waals surface area contributed by atoms with Gasteiger partial charge in [-0.2, -0.15) is 0 Å². The molecule has 0 unspecified atom stereocenters. The van der Waals surface area contributed by atoms with E-state index in [0.717, 1.165) is 17.0 Å². The van der Waals surface area contributed by atoms with Crippen LogP contribution in [0, 0.1) is 0 Å². The molecule has 0 saturated heterocycles. The van der Waals surface area contributed by atoms with E-state index in [9.17, 15) is 4.79 Å². The Morgan fingerprint density at radius 1 is 1.19 bits per heavy atom. The van der Waals surface area contributed by atoms with E-state index in [-0.39, 0.29) is 5.97 Å². The highest BCUT2D eigenvalue weighted by Crippen LogP contribution is 2.14. The summed E-state index contributed by atoms with van der Waals surface area (Å²) in [5.74, 6) is 0.418. The molecule has 0 bridgehead atoms. The fourth-order valence-electron chi connectivity index (χ4n) is 1.67. The SMILES string of the molecule is CCOC(=O)C=Cc1ccc(OCc2ccccn2)cc1. The van der Waals surface area contributed by atoms with Crippen molar-refractivity contribution in [1.82, 2.24) is 4.98 Å². The minimum Gasteiger partial charge on any atom is -0.487 e. The minimum atomic E-state index is -0.340. The van der Waals surface area contributed by atoms with Gasteiger partial charge in [0.25, 0.3) is 0 Å². The van der Waals surface area contributed by atoms with Crippen LogP contribution in [0.1, 0.15) is 18.2 Å². The number of pyridine rings is 1. The monoisotopic (exact) mass is 283 g/mol. The van der Waals surface area contributed by atoms with Crippen LogP contribution in [0.15, 0.2) is 54.7 Å². The quantitative estimate of drug-likeness (QED) is 0.603. The second-order valence-corrected chi connectivity index (χ2v) is 4.26. The molecular weight excluding hydrogens is 266 g/mol. The zero-order valence-electron chi connectivity index (χ0n) is 11.9. The molecule has 0 saturated carbocycles. The van der Waals surface area contributed by atoms with Crippen LogP contribution in [0.4, 0.5) is 0 Å². The van der Waals surface area contributed by atoms with Crippen molar-refractivity contribution in [2.75, 3.05) is 6.61 Å². The Bertz CT molecular complexity index is 591. The van der Waals surface area contributed by atoms with Crippen molar-refractivity contribution in [2.24, 2.45) is 0 Å². The fraction of sp³-hybridized carbons (Fsp3) is 0.176. The standard InChI is InChI=1S/C17H17NO3/c1-2-20-17(19)11-8-14-6-9-16(10-7-14)21-13-15-5-3-4-12-18-15/h3-12H,2,13H2,1H3. The summed E-state index contributed by atoms with van der Waals surface area (Å²) in [5.41, 5.74) is 1.79. The van der Waals surface area contributed by atoms with Crippen LogP contribution < -0.4 is 4.74 Å². The predicted octanol–water partition coefficient (Wildman–Crippen LogP) is 3.24. The van der Waals surface area contributed by atoms with E-state index in [4.69, 9.17) is 9.47 Å². The Labute approximate surface area is 124 Å². The van der Waals surface area contributed by atoms with Gasteiger partial charge in [0.15, 0.2) is 0 Å². The molecule has 0 atom stereocenters. The second-order valence-electron chi connectivity index (χ2n) is 4.26. The van der Waals surface area contributed by atoms with Crippen LogP contribution in [0.5, 0.6) is 5.75 Å². The van der Waals surface area contributed by atoms with Crippen molar-refractivity contribution in [2.45, 2.75) is 13.5 Å². The van der Waals surface area contributed by atoms with Gasteiger partial charge in [0.05, 0.1) is 12.3 Å². The minimum absolute atomic E-state index is 0.340. The molecule has 1 heterocycles. The molecule has 0 radical (unpaired) electrons. The van der Waals surface area contributed by atoms with Gasteiger partial charge in [0, 0.05) is 12.3 Å². The van der Waals surface area contributed by atoms with Crippen LogP contribution in [0.25, 0.3) is 6.08 Å². The van der Waals surface area contributed by atoms with Gasteiger partial charge in [0.1, 0.15) is 12.4 Å². The fourth-order valence-corrected chi connectivity index (χ4v) is 1.67. The Morgan fingerprint density at radius 2 is 2.00 bits per heavy atom. The van der Waals surface area contributed by atoms with Gasteiger partial charge in [-0.25, -0.2) is 4.79 Å². The molecule has 0 aliphatic rings. The highest BCUT2D eigenvalue weighted by atomic mass is 16.5. The van der Waals surface area contributed by atoms with Crippen LogP contribution in [0.3, 0.4) is 0 Å². The molecule has 4 heteroatoms. The summed E-state index contributed by atoms with van der Waals surface area (Å²) in [5, 5.41) is 0. The maximum absolute atomic E-state index is 11.2. The molecule has 0 aliphatic carbocycles. The number of rotatable bonds is 6. The van der Waals surface area contributed by atoms with E-state index in [2.05, 4.69) is 4.98 Å². The Kier molecular flexibility index (Phi) is 5.52. The average molecular weight is 283 g/mol. The third kappa shape index (κ3) is 5.10. The summed E-state index contributed by atoms with van der Waals surface area (Å²) in [4.78, 5) is 15.4. The summed E-state index contributed by atoms with van der Waals surface area (Å²) in [6, 6.07) is 13.2. The number of nitrogens with zero attached hydrogens (tertiary/aromatic N) is 1. The van der Waals surface area contributed by atoms with Gasteiger partial charge >= 0.3 is 5.97 Å². The summed E-state index contributed by atoms with van der Waals surface area (Å²) in [6.07, 6.45) is 4.86. The number of carbonyl (C=O) groups is 1. The van der Waals surface area contributed by atoms with Crippen molar-refractivity contribution in [1.29, 1.82) is 0 Å². The number of aromatic nitrogens is 1. The predicted molar refractivity (Wildman–Crippen MR) is 80.7 cm³/mol. The zero-order chi connectivity index (χ0) is 14.9. The third-order valence-corrected chi connectivity index (χ3v) is 2.69. The molecule has 1 aromatic heterocycles. The molecule has 1 aromatic carbocycles. The summed E-state index contributed by atoms with van der Waals surface area (Å²) >= 11 is 0. The molecular formula is C17H17NO3. The molecule has 0 amide bonds. The first-order valence-corrected chi connectivity index (χ1v) is 6.75. The van der Waals surface area contributed by atoms with Crippen molar-refractivity contribution in [3.8, 4) is 5.75 Å². The zero-order valence-corrected chi connectivity index (χ0v) is 11.9. The van der Waals surface area contributed by atoms with E-state index < -0.39 is 0 Å². The van der Waals surface area contributed by atoms with Crippen LogP contribution in [-0.4, -0.2) is 17.6 Å². The molecule has 0 N–H and O–H groups in total. The average Bonchev–Trinajstić information content (AvgIpc) is 2.53. The Hall–Kier alpha value is -2.62. The van der Waals surface area contributed by atoms with Crippen molar-refractivity contribution in [3.05, 3.63) is 66.0 Å². The van der Waals surface area contributed by atoms with E-state index in [1.165, 1.54) is 6.08 Å². The first kappa shape index (κ1) is 14.8. The summed E-state index contributed by atoms with van der Waals surface area (Å²) < 4.78 is 10.5. The van der Waals surface area contributed by atoms with E-state index in [0.29, 0.717) is 13.2 Å². The number of esters is 1. The number of hydrogen-bond donors (Lipinski definition) is 0. The Balaban J connectivity index is 1.88. The number of carbonyl (C=O) groups excluding carboxylic acids is 1. The molecule has 108 valence electrons. The van der Waals surface area contributed by atoms with Crippen molar-refractivity contribution >= 4 is 12.0 Å². The molecule has 2 aromatic rings. The van der Waals surface area contributed by atoms with Crippen LogP contribution in [0.2, 0.25) is 0 Å². The maximum atomic E-state index is 11.2. The van der Waals surface area contributed by atoms with Gasteiger partial charge in [-0.1, -0.05) is 18.2 Å². The molecule has 0 aliphatic heterocycles. The van der Waals surface area contributed by atoms with Gasteiger partial charge < -0.3 is 9.47 Å². The summed E-state index contributed by atoms with van der Waals surface area (Å²) in [7, 11) is 0. The van der Waals surface area contributed by atoms with Gasteiger partial charge in [-0.3, -0.25) is 4.98 Å². The van der Waals surface area contributed by atoms with Gasteiger partial charge in [0.2, 0.25) is 0 Å². The van der Waals surface area contributed by atoms with E-state index in [1.54, 1.807) is 19.2 Å². The van der Waals surface area contributed by atoms with Crippen molar-refractivity contribution < 1.29 is 14.3 Å². The lowest BCUT2D eigenvalue weighted by molar-refractivity contribution is -0.137. The van der Waals surface area contributed by atoms with E-state index >= 15 is 0 Å². The van der Waals surface area contributed by atoms with E-state index in [1.807, 2.05) is 42.5 Å². The van der Waals surface area contributed by atoms with Crippen LogP contribution in [-0.2, 0) is 16.1 Å². The van der Waals surface area contributed by atoms with Crippen LogP contribution >= 0.6 is 0 Å². The third-order valence-electron chi connectivity index (χ3n) is 2.69. The largest absolute Gasteiger partial charge is 0.487 e. The molecule has 0 spiro atoms. The van der Waals surface area contributed by atoms with Gasteiger partial charge in [-0.05, 0) is 42.8 Å². The topological polar surface area (TPSA) is 48.4 Å². The smallest absolute Gasteiger partial charge is 0.330 e. The van der Waals surface area contributed by atoms with Gasteiger partial charge in [-0.15, -0.1) is 0 Å². The number of hydrogen-bond acceptors (Lipinski definition) is 4. The maximum Gasteiger partial charge on any atom is 0.330 e. The lowest BCUT2D eigenvalue weighted by atomic mass is 10.2. The highest BCUT2D eigenvalue weighted by molar-refractivity contribution is 5.87. The molecule has 2 rings (SSSR count). The van der Waals surface area contributed by atoms with Crippen molar-refractivity contribution in [3.63, 3.8) is 0 Å². The lowest BCUT2D eigenvalue weighted by Gasteiger charge is -2.05. The molecule has 4 nitrogen and oxygen atoms in total. The highest BCUT2D eigenvalue weighted by Gasteiger charge is 1.97. The normalized spacial score (nSPS) is 10.5. The molecule has 21 heavy (non-hydrogen) atoms. The Morgan fingerprint density at radius 3 is 2.67 bits per heavy atom. The second kappa shape index (κ2) is 7.85. The summed E-state index contributed by atoms with van der Waals surface area (Å²) in [6.45, 7) is 2.59. The number of ether oxygens (including phenoxy) is 2.